The van der Waals surface area contributed by atoms with Gasteiger partial charge in [0.25, 0.3) is 10.0 Å². The molecule has 0 radical (unpaired) electrons. The van der Waals surface area contributed by atoms with Crippen molar-refractivity contribution in [3.8, 4) is 11.5 Å². The molecule has 114 valence electrons. The Hall–Kier alpha value is -1.74. The van der Waals surface area contributed by atoms with Crippen LogP contribution in [0.4, 0.5) is 0 Å². The smallest absolute Gasteiger partial charge is 0.250 e. The number of hydrogen-bond donors (Lipinski definition) is 1. The average Bonchev–Trinajstić information content (AvgIpc) is 3.15. The number of sulfonamides is 1. The van der Waals surface area contributed by atoms with Crippen LogP contribution in [0.25, 0.3) is 11.5 Å². The van der Waals surface area contributed by atoms with Crippen molar-refractivity contribution in [3.05, 3.63) is 52.7 Å². The predicted molar refractivity (Wildman–Crippen MR) is 83.1 cm³/mol. The second kappa shape index (κ2) is 6.17. The van der Waals surface area contributed by atoms with Crippen molar-refractivity contribution in [2.24, 2.45) is 0 Å². The molecule has 0 spiro atoms. The van der Waals surface area contributed by atoms with E-state index < -0.39 is 10.0 Å². The van der Waals surface area contributed by atoms with Gasteiger partial charge in [0.1, 0.15) is 4.21 Å². The summed E-state index contributed by atoms with van der Waals surface area (Å²) in [4.78, 5) is 0. The van der Waals surface area contributed by atoms with Gasteiger partial charge in [-0.3, -0.25) is 0 Å². The lowest BCUT2D eigenvalue weighted by atomic mass is 10.2. The molecule has 1 N–H and O–H groups in total. The fraction of sp³-hybridized carbons (Fsp3) is 0.0769. The van der Waals surface area contributed by atoms with E-state index in [1.54, 1.807) is 0 Å². The summed E-state index contributed by atoms with van der Waals surface area (Å²) in [7, 11) is -3.64. The highest BCUT2D eigenvalue weighted by molar-refractivity contribution is 7.91. The number of nitrogens with one attached hydrogen (secondary N) is 1. The molecular weight excluding hydrogens is 346 g/mol. The first-order chi connectivity index (χ1) is 10.5. The van der Waals surface area contributed by atoms with E-state index in [1.165, 1.54) is 12.1 Å². The summed E-state index contributed by atoms with van der Waals surface area (Å²) in [5.74, 6) is 0.527. The molecule has 22 heavy (non-hydrogen) atoms. The first kappa shape index (κ1) is 15.2. The summed E-state index contributed by atoms with van der Waals surface area (Å²) < 4.78 is 32.5. The van der Waals surface area contributed by atoms with Crippen LogP contribution in [0.2, 0.25) is 4.34 Å². The third-order valence-electron chi connectivity index (χ3n) is 2.71. The van der Waals surface area contributed by atoms with Crippen molar-refractivity contribution in [2.75, 3.05) is 0 Å². The number of rotatable bonds is 5. The zero-order valence-electron chi connectivity index (χ0n) is 11.1. The van der Waals surface area contributed by atoms with E-state index in [2.05, 4.69) is 14.9 Å². The summed E-state index contributed by atoms with van der Waals surface area (Å²) in [5, 5.41) is 7.72. The van der Waals surface area contributed by atoms with E-state index in [4.69, 9.17) is 16.0 Å². The van der Waals surface area contributed by atoms with E-state index in [-0.39, 0.29) is 16.6 Å². The van der Waals surface area contributed by atoms with Crippen LogP contribution in [-0.4, -0.2) is 18.6 Å². The zero-order chi connectivity index (χ0) is 15.6. The van der Waals surface area contributed by atoms with Crippen LogP contribution >= 0.6 is 22.9 Å². The molecular formula is C13H10ClN3O3S2. The van der Waals surface area contributed by atoms with Gasteiger partial charge in [-0.1, -0.05) is 29.8 Å². The first-order valence-electron chi connectivity index (χ1n) is 6.17. The summed E-state index contributed by atoms with van der Waals surface area (Å²) in [6.45, 7) is -0.0856. The van der Waals surface area contributed by atoms with E-state index in [0.29, 0.717) is 10.2 Å². The van der Waals surface area contributed by atoms with E-state index in [9.17, 15) is 8.42 Å². The van der Waals surface area contributed by atoms with Gasteiger partial charge >= 0.3 is 0 Å². The molecule has 3 aromatic rings. The van der Waals surface area contributed by atoms with Gasteiger partial charge < -0.3 is 4.42 Å². The number of hydrogen-bond acceptors (Lipinski definition) is 6. The van der Waals surface area contributed by atoms with Crippen LogP contribution in [0.5, 0.6) is 0 Å². The normalized spacial score (nSPS) is 11.7. The van der Waals surface area contributed by atoms with Crippen molar-refractivity contribution < 1.29 is 12.8 Å². The second-order valence-electron chi connectivity index (χ2n) is 4.25. The topological polar surface area (TPSA) is 85.1 Å². The molecule has 0 saturated carbocycles. The fourth-order valence-corrected chi connectivity index (χ4v) is 4.19. The molecule has 0 aliphatic rings. The van der Waals surface area contributed by atoms with Gasteiger partial charge in [-0.15, -0.1) is 21.5 Å². The molecule has 6 nitrogen and oxygen atoms in total. The highest BCUT2D eigenvalue weighted by atomic mass is 35.5. The molecule has 0 saturated heterocycles. The van der Waals surface area contributed by atoms with Gasteiger partial charge in [-0.25, -0.2) is 13.1 Å². The SMILES string of the molecule is O=S(=O)(NCc1nnc(-c2ccccc2)o1)c1ccc(Cl)s1. The molecule has 0 atom stereocenters. The molecule has 2 heterocycles. The number of benzene rings is 1. The average molecular weight is 356 g/mol. The molecule has 9 heteroatoms. The summed E-state index contributed by atoms with van der Waals surface area (Å²) in [5.41, 5.74) is 0.772. The summed E-state index contributed by atoms with van der Waals surface area (Å²) in [6, 6.07) is 12.2. The van der Waals surface area contributed by atoms with E-state index in [1.807, 2.05) is 30.3 Å². The van der Waals surface area contributed by atoms with Crippen LogP contribution in [0.15, 0.2) is 51.1 Å². The molecule has 0 unspecified atom stereocenters. The third kappa shape index (κ3) is 3.36. The number of thiophene rings is 1. The highest BCUT2D eigenvalue weighted by Gasteiger charge is 2.18. The molecule has 3 rings (SSSR count). The summed E-state index contributed by atoms with van der Waals surface area (Å²) in [6.07, 6.45) is 0. The Labute approximate surface area is 135 Å². The van der Waals surface area contributed by atoms with Crippen LogP contribution in [0, 0.1) is 0 Å². The standard InChI is InChI=1S/C13H10ClN3O3S2/c14-10-6-7-12(21-10)22(18,19)15-8-11-16-17-13(20-11)9-4-2-1-3-5-9/h1-7,15H,8H2. The van der Waals surface area contributed by atoms with Crippen molar-refractivity contribution in [1.82, 2.24) is 14.9 Å². The fourth-order valence-electron chi connectivity index (χ4n) is 1.69. The number of halogens is 1. The highest BCUT2D eigenvalue weighted by Crippen LogP contribution is 2.25. The maximum Gasteiger partial charge on any atom is 0.250 e. The molecule has 0 bridgehead atoms. The van der Waals surface area contributed by atoms with Gasteiger partial charge in [-0.2, -0.15) is 0 Å². The second-order valence-corrected chi connectivity index (χ2v) is 7.96. The van der Waals surface area contributed by atoms with Crippen molar-refractivity contribution in [2.45, 2.75) is 10.8 Å². The van der Waals surface area contributed by atoms with Crippen molar-refractivity contribution >= 4 is 33.0 Å². The Kier molecular flexibility index (Phi) is 4.25. The minimum atomic E-state index is -3.64. The monoisotopic (exact) mass is 355 g/mol. The van der Waals surface area contributed by atoms with Gasteiger partial charge in [-0.05, 0) is 24.3 Å². The Morgan fingerprint density at radius 1 is 1.14 bits per heavy atom. The molecule has 2 aromatic heterocycles. The Balaban J connectivity index is 1.71. The van der Waals surface area contributed by atoms with Crippen LogP contribution in [-0.2, 0) is 16.6 Å². The Morgan fingerprint density at radius 3 is 2.59 bits per heavy atom. The number of aromatic nitrogens is 2. The Bertz CT molecular complexity index is 875. The van der Waals surface area contributed by atoms with Crippen molar-refractivity contribution in [3.63, 3.8) is 0 Å². The maximum atomic E-state index is 12.0. The van der Waals surface area contributed by atoms with Crippen molar-refractivity contribution in [1.29, 1.82) is 0 Å². The maximum absolute atomic E-state index is 12.0. The van der Waals surface area contributed by atoms with Gasteiger partial charge in [0.2, 0.25) is 11.8 Å². The lowest BCUT2D eigenvalue weighted by Gasteiger charge is -2.01. The molecule has 1 aromatic carbocycles. The summed E-state index contributed by atoms with van der Waals surface area (Å²) >= 11 is 6.72. The van der Waals surface area contributed by atoms with E-state index >= 15 is 0 Å². The zero-order valence-corrected chi connectivity index (χ0v) is 13.5. The first-order valence-corrected chi connectivity index (χ1v) is 8.85. The van der Waals surface area contributed by atoms with Crippen LogP contribution in [0.1, 0.15) is 5.89 Å². The molecule has 0 aliphatic heterocycles. The Morgan fingerprint density at radius 2 is 1.91 bits per heavy atom. The molecule has 0 aliphatic carbocycles. The lowest BCUT2D eigenvalue weighted by molar-refractivity contribution is 0.494. The van der Waals surface area contributed by atoms with Crippen LogP contribution < -0.4 is 4.72 Å². The third-order valence-corrected chi connectivity index (χ3v) is 5.84. The number of nitrogens with zero attached hydrogens (tertiary/aromatic N) is 2. The lowest BCUT2D eigenvalue weighted by Crippen LogP contribution is -2.22. The van der Waals surface area contributed by atoms with Gasteiger partial charge in [0.05, 0.1) is 10.9 Å². The minimum Gasteiger partial charge on any atom is -0.419 e. The van der Waals surface area contributed by atoms with Gasteiger partial charge in [0.15, 0.2) is 0 Å². The van der Waals surface area contributed by atoms with Crippen LogP contribution in [0.3, 0.4) is 0 Å². The predicted octanol–water partition coefficient (Wildman–Crippen LogP) is 2.93. The molecule has 0 fully saturated rings. The van der Waals surface area contributed by atoms with Gasteiger partial charge in [0, 0.05) is 5.56 Å². The largest absolute Gasteiger partial charge is 0.419 e. The quantitative estimate of drug-likeness (QED) is 0.760. The van der Waals surface area contributed by atoms with E-state index in [0.717, 1.165) is 16.9 Å². The molecule has 0 amide bonds. The minimum absolute atomic E-state index is 0.0856.